The van der Waals surface area contributed by atoms with Crippen molar-refractivity contribution in [3.05, 3.63) is 72.2 Å². The van der Waals surface area contributed by atoms with E-state index in [0.717, 1.165) is 29.4 Å². The second-order valence-corrected chi connectivity index (χ2v) is 5.93. The summed E-state index contributed by atoms with van der Waals surface area (Å²) < 4.78 is 2.17. The van der Waals surface area contributed by atoms with Gasteiger partial charge in [-0.2, -0.15) is 0 Å². The average molecular weight is 340 g/mol. The van der Waals surface area contributed by atoms with E-state index in [1.165, 1.54) is 6.20 Å². The molecule has 1 amide bonds. The highest BCUT2D eigenvalue weighted by molar-refractivity contribution is 6.33. The normalized spacial score (nSPS) is 10.7. The van der Waals surface area contributed by atoms with Gasteiger partial charge in [0, 0.05) is 36.0 Å². The monoisotopic (exact) mass is 339 g/mol. The van der Waals surface area contributed by atoms with E-state index in [-0.39, 0.29) is 5.91 Å². The molecule has 3 rings (SSSR count). The van der Waals surface area contributed by atoms with Gasteiger partial charge in [-0.1, -0.05) is 35.9 Å². The third-order valence-electron chi connectivity index (χ3n) is 3.84. The molecule has 122 valence electrons. The van der Waals surface area contributed by atoms with Crippen LogP contribution in [-0.2, 0) is 17.8 Å². The quantitative estimate of drug-likeness (QED) is 0.674. The number of halogens is 1. The molecule has 2 heterocycles. The summed E-state index contributed by atoms with van der Waals surface area (Å²) in [7, 11) is 0. The molecular weight excluding hydrogens is 322 g/mol. The molecule has 2 aromatic heterocycles. The lowest BCUT2D eigenvalue weighted by atomic mass is 10.1. The number of amides is 1. The van der Waals surface area contributed by atoms with Gasteiger partial charge >= 0.3 is 0 Å². The molecule has 1 N–H and O–H groups in total. The number of allylic oxidation sites excluding steroid dienone is 1. The van der Waals surface area contributed by atoms with Gasteiger partial charge in [0.25, 0.3) is 0 Å². The van der Waals surface area contributed by atoms with Crippen molar-refractivity contribution in [2.45, 2.75) is 19.4 Å². The van der Waals surface area contributed by atoms with Crippen LogP contribution in [0.3, 0.4) is 0 Å². The van der Waals surface area contributed by atoms with E-state index >= 15 is 0 Å². The summed E-state index contributed by atoms with van der Waals surface area (Å²) in [4.78, 5) is 16.3. The van der Waals surface area contributed by atoms with E-state index in [2.05, 4.69) is 27.5 Å². The Morgan fingerprint density at radius 3 is 2.96 bits per heavy atom. The molecule has 0 saturated carbocycles. The number of rotatable bonds is 6. The number of hydrogen-bond donors (Lipinski definition) is 1. The maximum Gasteiger partial charge on any atom is 0.228 e. The lowest BCUT2D eigenvalue weighted by Gasteiger charge is -2.06. The molecule has 24 heavy (non-hydrogen) atoms. The fraction of sp³-hybridized carbons (Fsp3) is 0.158. The smallest absolute Gasteiger partial charge is 0.228 e. The fourth-order valence-electron chi connectivity index (χ4n) is 2.72. The molecule has 0 bridgehead atoms. The number of anilines is 1. The minimum absolute atomic E-state index is 0.102. The average Bonchev–Trinajstić information content (AvgIpc) is 2.93. The first-order valence-electron chi connectivity index (χ1n) is 7.76. The van der Waals surface area contributed by atoms with Crippen LogP contribution in [0.1, 0.15) is 12.0 Å². The number of pyridine rings is 1. The molecule has 4 nitrogen and oxygen atoms in total. The van der Waals surface area contributed by atoms with E-state index in [4.69, 9.17) is 11.6 Å². The van der Waals surface area contributed by atoms with Gasteiger partial charge in [0.1, 0.15) is 0 Å². The van der Waals surface area contributed by atoms with Gasteiger partial charge in [-0.05, 0) is 24.1 Å². The predicted molar refractivity (Wildman–Crippen MR) is 98.3 cm³/mol. The van der Waals surface area contributed by atoms with E-state index < -0.39 is 0 Å². The summed E-state index contributed by atoms with van der Waals surface area (Å²) in [5, 5.41) is 4.36. The van der Waals surface area contributed by atoms with Gasteiger partial charge in [-0.25, -0.2) is 0 Å². The maximum absolute atomic E-state index is 12.4. The van der Waals surface area contributed by atoms with Crippen molar-refractivity contribution >= 4 is 34.1 Å². The molecule has 5 heteroatoms. The Labute approximate surface area is 145 Å². The molecule has 0 aliphatic rings. The highest BCUT2D eigenvalue weighted by atomic mass is 35.5. The van der Waals surface area contributed by atoms with Gasteiger partial charge in [0.05, 0.1) is 17.1 Å². The molecule has 1 aromatic carbocycles. The van der Waals surface area contributed by atoms with Crippen LogP contribution in [0.25, 0.3) is 10.9 Å². The number of carbonyl (C=O) groups is 1. The van der Waals surface area contributed by atoms with Crippen LogP contribution in [0.4, 0.5) is 5.69 Å². The third kappa shape index (κ3) is 3.49. The number of hydrogen-bond acceptors (Lipinski definition) is 2. The molecule has 0 radical (unpaired) electrons. The first-order valence-corrected chi connectivity index (χ1v) is 8.14. The lowest BCUT2D eigenvalue weighted by molar-refractivity contribution is -0.115. The second kappa shape index (κ2) is 7.32. The number of aromatic nitrogens is 2. The number of para-hydroxylation sites is 1. The topological polar surface area (TPSA) is 46.9 Å². The summed E-state index contributed by atoms with van der Waals surface area (Å²) in [6.07, 6.45) is 8.23. The zero-order valence-electron chi connectivity index (χ0n) is 13.2. The van der Waals surface area contributed by atoms with E-state index in [1.54, 1.807) is 12.3 Å². The van der Waals surface area contributed by atoms with Crippen molar-refractivity contribution in [2.24, 2.45) is 0 Å². The first-order chi connectivity index (χ1) is 11.7. The van der Waals surface area contributed by atoms with Crippen molar-refractivity contribution in [3.8, 4) is 0 Å². The first kappa shape index (κ1) is 16.3. The molecular formula is C19H18ClN3O. The van der Waals surface area contributed by atoms with Crippen molar-refractivity contribution in [1.82, 2.24) is 9.55 Å². The van der Waals surface area contributed by atoms with Crippen LogP contribution in [-0.4, -0.2) is 15.5 Å². The van der Waals surface area contributed by atoms with Gasteiger partial charge in [0.2, 0.25) is 5.91 Å². The van der Waals surface area contributed by atoms with Crippen molar-refractivity contribution in [2.75, 3.05) is 5.32 Å². The minimum Gasteiger partial charge on any atom is -0.347 e. The summed E-state index contributed by atoms with van der Waals surface area (Å²) in [5.41, 5.74) is 2.70. The molecule has 0 atom stereocenters. The number of nitrogens with zero attached hydrogens (tertiary/aromatic N) is 2. The SMILES string of the molecule is C=CCCn1cc(CC(=O)Nc2ccncc2Cl)c2ccccc21. The van der Waals surface area contributed by atoms with E-state index in [1.807, 2.05) is 30.5 Å². The van der Waals surface area contributed by atoms with Crippen LogP contribution in [0.15, 0.2) is 61.6 Å². The molecule has 0 aliphatic heterocycles. The number of nitrogens with one attached hydrogen (secondary N) is 1. The Morgan fingerprint density at radius 1 is 1.33 bits per heavy atom. The molecule has 0 spiro atoms. The molecule has 0 saturated heterocycles. The Kier molecular flexibility index (Phi) is 4.96. The van der Waals surface area contributed by atoms with Crippen LogP contribution >= 0.6 is 11.6 Å². The number of fused-ring (bicyclic) bond motifs is 1. The maximum atomic E-state index is 12.4. The largest absolute Gasteiger partial charge is 0.347 e. The van der Waals surface area contributed by atoms with Gasteiger partial charge in [-0.15, -0.1) is 6.58 Å². The standard InChI is InChI=1S/C19H18ClN3O/c1-2-3-10-23-13-14(15-6-4-5-7-18(15)23)11-19(24)22-17-8-9-21-12-16(17)20/h2,4-9,12-13H,1,3,10-11H2,(H,21,22,24). The highest BCUT2D eigenvalue weighted by Gasteiger charge is 2.12. The number of aryl methyl sites for hydroxylation is 1. The summed E-state index contributed by atoms with van der Waals surface area (Å²) >= 11 is 6.04. The van der Waals surface area contributed by atoms with Crippen LogP contribution < -0.4 is 5.32 Å². The number of carbonyl (C=O) groups excluding carboxylic acids is 1. The van der Waals surface area contributed by atoms with Gasteiger partial charge < -0.3 is 9.88 Å². The van der Waals surface area contributed by atoms with Crippen molar-refractivity contribution in [3.63, 3.8) is 0 Å². The van der Waals surface area contributed by atoms with E-state index in [9.17, 15) is 4.79 Å². The molecule has 0 aliphatic carbocycles. The molecule has 3 aromatic rings. The van der Waals surface area contributed by atoms with Gasteiger partial charge in [-0.3, -0.25) is 9.78 Å². The summed E-state index contributed by atoms with van der Waals surface area (Å²) in [6, 6.07) is 9.80. The highest BCUT2D eigenvalue weighted by Crippen LogP contribution is 2.24. The van der Waals surface area contributed by atoms with Crippen LogP contribution in [0, 0.1) is 0 Å². The number of benzene rings is 1. The van der Waals surface area contributed by atoms with Crippen molar-refractivity contribution < 1.29 is 4.79 Å². The van der Waals surface area contributed by atoms with Crippen LogP contribution in [0.2, 0.25) is 5.02 Å². The second-order valence-electron chi connectivity index (χ2n) is 5.52. The van der Waals surface area contributed by atoms with Crippen molar-refractivity contribution in [1.29, 1.82) is 0 Å². The predicted octanol–water partition coefficient (Wildman–Crippen LogP) is 4.45. The minimum atomic E-state index is -0.102. The Balaban J connectivity index is 1.83. The summed E-state index contributed by atoms with van der Waals surface area (Å²) in [5.74, 6) is -0.102. The lowest BCUT2D eigenvalue weighted by Crippen LogP contribution is -2.14. The van der Waals surface area contributed by atoms with Gasteiger partial charge in [0.15, 0.2) is 0 Å². The van der Waals surface area contributed by atoms with Crippen LogP contribution in [0.5, 0.6) is 0 Å². The third-order valence-corrected chi connectivity index (χ3v) is 4.14. The van der Waals surface area contributed by atoms with E-state index in [0.29, 0.717) is 17.1 Å². The Bertz CT molecular complexity index is 885. The molecule has 0 fully saturated rings. The summed E-state index contributed by atoms with van der Waals surface area (Å²) in [6.45, 7) is 4.62. The zero-order valence-corrected chi connectivity index (χ0v) is 14.0. The zero-order chi connectivity index (χ0) is 16.9. The molecule has 0 unspecified atom stereocenters. The Morgan fingerprint density at radius 2 is 2.17 bits per heavy atom. The Hall–Kier alpha value is -2.59. The fourth-order valence-corrected chi connectivity index (χ4v) is 2.89.